The first-order chi connectivity index (χ1) is 9.12. The van der Waals surface area contributed by atoms with Gasteiger partial charge in [0.05, 0.1) is 14.2 Å². The number of ether oxygens (including phenoxy) is 2. The monoisotopic (exact) mass is 263 g/mol. The standard InChI is InChI=1S/C16H25NO2/c1-12-7-13(2)10-17(9-12)11-14-5-6-15(18-3)8-16(14)19-4/h5-6,8,12-13H,7,9-11H2,1-4H3/t12-,13-/m1/s1. The Morgan fingerprint density at radius 1 is 1.11 bits per heavy atom. The lowest BCUT2D eigenvalue weighted by molar-refractivity contribution is 0.133. The van der Waals surface area contributed by atoms with Crippen LogP contribution in [-0.4, -0.2) is 32.2 Å². The zero-order valence-electron chi connectivity index (χ0n) is 12.5. The molecule has 1 fully saturated rings. The van der Waals surface area contributed by atoms with E-state index < -0.39 is 0 Å². The molecule has 0 bridgehead atoms. The van der Waals surface area contributed by atoms with E-state index in [9.17, 15) is 0 Å². The highest BCUT2D eigenvalue weighted by Crippen LogP contribution is 2.28. The van der Waals surface area contributed by atoms with Crippen LogP contribution in [0.3, 0.4) is 0 Å². The molecule has 0 N–H and O–H groups in total. The molecule has 0 aromatic heterocycles. The molecule has 0 saturated carbocycles. The SMILES string of the molecule is COc1ccc(CN2C[C@H](C)C[C@@H](C)C2)c(OC)c1. The van der Waals surface area contributed by atoms with Gasteiger partial charge in [-0.25, -0.2) is 0 Å². The summed E-state index contributed by atoms with van der Waals surface area (Å²) in [7, 11) is 3.40. The Morgan fingerprint density at radius 2 is 1.79 bits per heavy atom. The second kappa shape index (κ2) is 6.29. The van der Waals surface area contributed by atoms with Crippen molar-refractivity contribution in [1.82, 2.24) is 4.90 Å². The number of nitrogens with zero attached hydrogens (tertiary/aromatic N) is 1. The molecule has 0 amide bonds. The van der Waals surface area contributed by atoms with Crippen molar-refractivity contribution in [3.8, 4) is 11.5 Å². The molecule has 3 heteroatoms. The average molecular weight is 263 g/mol. The molecule has 1 aromatic rings. The molecule has 1 heterocycles. The maximum Gasteiger partial charge on any atom is 0.127 e. The van der Waals surface area contributed by atoms with E-state index in [1.807, 2.05) is 12.1 Å². The molecule has 0 radical (unpaired) electrons. The van der Waals surface area contributed by atoms with E-state index in [2.05, 4.69) is 24.8 Å². The van der Waals surface area contributed by atoms with Crippen LogP contribution in [0.1, 0.15) is 25.8 Å². The number of piperidine rings is 1. The zero-order chi connectivity index (χ0) is 13.8. The van der Waals surface area contributed by atoms with E-state index in [1.165, 1.54) is 25.1 Å². The van der Waals surface area contributed by atoms with Crippen molar-refractivity contribution in [2.45, 2.75) is 26.8 Å². The zero-order valence-corrected chi connectivity index (χ0v) is 12.5. The predicted octanol–water partition coefficient (Wildman–Crippen LogP) is 3.18. The normalized spacial score (nSPS) is 24.2. The van der Waals surface area contributed by atoms with E-state index >= 15 is 0 Å². The number of benzene rings is 1. The highest BCUT2D eigenvalue weighted by molar-refractivity contribution is 5.40. The Morgan fingerprint density at radius 3 is 2.37 bits per heavy atom. The van der Waals surface area contributed by atoms with Crippen molar-refractivity contribution in [2.75, 3.05) is 27.3 Å². The minimum absolute atomic E-state index is 0.785. The van der Waals surface area contributed by atoms with E-state index in [1.54, 1.807) is 14.2 Å². The van der Waals surface area contributed by atoms with Gasteiger partial charge < -0.3 is 9.47 Å². The van der Waals surface area contributed by atoms with Gasteiger partial charge in [-0.05, 0) is 24.3 Å². The third kappa shape index (κ3) is 3.63. The summed E-state index contributed by atoms with van der Waals surface area (Å²) in [6.07, 6.45) is 1.34. The highest BCUT2D eigenvalue weighted by Gasteiger charge is 2.22. The minimum Gasteiger partial charge on any atom is -0.497 e. The fourth-order valence-corrected chi connectivity index (χ4v) is 3.14. The molecule has 106 valence electrons. The molecule has 1 aliphatic rings. The van der Waals surface area contributed by atoms with Crippen LogP contribution in [0.2, 0.25) is 0 Å². The lowest BCUT2D eigenvalue weighted by atomic mass is 9.91. The number of hydrogen-bond acceptors (Lipinski definition) is 3. The lowest BCUT2D eigenvalue weighted by Crippen LogP contribution is -2.38. The molecule has 1 aromatic carbocycles. The summed E-state index contributed by atoms with van der Waals surface area (Å²) in [6, 6.07) is 6.09. The molecule has 2 atom stereocenters. The number of hydrogen-bond donors (Lipinski definition) is 0. The van der Waals surface area contributed by atoms with Crippen LogP contribution in [0, 0.1) is 11.8 Å². The third-order valence-corrected chi connectivity index (χ3v) is 3.83. The topological polar surface area (TPSA) is 21.7 Å². The molecule has 0 spiro atoms. The van der Waals surface area contributed by atoms with Crippen LogP contribution in [0.4, 0.5) is 0 Å². The summed E-state index contributed by atoms with van der Waals surface area (Å²) in [6.45, 7) is 8.00. The number of rotatable bonds is 4. The molecule has 19 heavy (non-hydrogen) atoms. The van der Waals surface area contributed by atoms with Gasteiger partial charge in [-0.2, -0.15) is 0 Å². The first-order valence-corrected chi connectivity index (χ1v) is 7.05. The van der Waals surface area contributed by atoms with Gasteiger partial charge in [-0.15, -0.1) is 0 Å². The van der Waals surface area contributed by atoms with Crippen LogP contribution in [0.25, 0.3) is 0 Å². The predicted molar refractivity (Wildman–Crippen MR) is 77.8 cm³/mol. The molecular formula is C16H25NO2. The quantitative estimate of drug-likeness (QED) is 0.833. The Hall–Kier alpha value is -1.22. The first kappa shape index (κ1) is 14.2. The Kier molecular flexibility index (Phi) is 4.70. The molecule has 0 aliphatic carbocycles. The Labute approximate surface area is 116 Å². The summed E-state index contributed by atoms with van der Waals surface area (Å²) < 4.78 is 10.7. The Bertz CT molecular complexity index is 409. The van der Waals surface area contributed by atoms with Crippen molar-refractivity contribution in [2.24, 2.45) is 11.8 Å². The van der Waals surface area contributed by atoms with Gasteiger partial charge in [0.15, 0.2) is 0 Å². The summed E-state index contributed by atoms with van der Waals surface area (Å²) in [4.78, 5) is 2.53. The molecule has 1 aliphatic heterocycles. The smallest absolute Gasteiger partial charge is 0.127 e. The third-order valence-electron chi connectivity index (χ3n) is 3.83. The van der Waals surface area contributed by atoms with Crippen LogP contribution >= 0.6 is 0 Å². The van der Waals surface area contributed by atoms with E-state index in [0.717, 1.165) is 29.9 Å². The van der Waals surface area contributed by atoms with Gasteiger partial charge in [0.2, 0.25) is 0 Å². The number of likely N-dealkylation sites (tertiary alicyclic amines) is 1. The van der Waals surface area contributed by atoms with Crippen molar-refractivity contribution >= 4 is 0 Å². The summed E-state index contributed by atoms with van der Waals surface area (Å²) in [5.74, 6) is 3.34. The Balaban J connectivity index is 2.09. The molecule has 0 unspecified atom stereocenters. The maximum absolute atomic E-state index is 5.48. The van der Waals surface area contributed by atoms with E-state index in [4.69, 9.17) is 9.47 Å². The van der Waals surface area contributed by atoms with E-state index in [0.29, 0.717) is 0 Å². The van der Waals surface area contributed by atoms with Crippen LogP contribution in [-0.2, 0) is 6.54 Å². The largest absolute Gasteiger partial charge is 0.497 e. The van der Waals surface area contributed by atoms with Crippen LogP contribution < -0.4 is 9.47 Å². The highest BCUT2D eigenvalue weighted by atomic mass is 16.5. The second-order valence-corrected chi connectivity index (χ2v) is 5.82. The van der Waals surface area contributed by atoms with Crippen LogP contribution in [0.5, 0.6) is 11.5 Å². The molecule has 1 saturated heterocycles. The molecule has 3 nitrogen and oxygen atoms in total. The van der Waals surface area contributed by atoms with Crippen molar-refractivity contribution in [3.63, 3.8) is 0 Å². The van der Waals surface area contributed by atoms with Crippen molar-refractivity contribution < 1.29 is 9.47 Å². The van der Waals surface area contributed by atoms with Gasteiger partial charge in [0.1, 0.15) is 11.5 Å². The summed E-state index contributed by atoms with van der Waals surface area (Å²) in [5, 5.41) is 0. The summed E-state index contributed by atoms with van der Waals surface area (Å²) >= 11 is 0. The maximum atomic E-state index is 5.48. The minimum atomic E-state index is 0.785. The van der Waals surface area contributed by atoms with Gasteiger partial charge in [-0.3, -0.25) is 4.90 Å². The van der Waals surface area contributed by atoms with Gasteiger partial charge >= 0.3 is 0 Å². The lowest BCUT2D eigenvalue weighted by Gasteiger charge is -2.35. The fraction of sp³-hybridized carbons (Fsp3) is 0.625. The average Bonchev–Trinajstić information content (AvgIpc) is 2.38. The fourth-order valence-electron chi connectivity index (χ4n) is 3.14. The first-order valence-electron chi connectivity index (χ1n) is 7.05. The van der Waals surface area contributed by atoms with E-state index in [-0.39, 0.29) is 0 Å². The van der Waals surface area contributed by atoms with Gasteiger partial charge in [0, 0.05) is 31.3 Å². The van der Waals surface area contributed by atoms with Crippen molar-refractivity contribution in [1.29, 1.82) is 0 Å². The number of methoxy groups -OCH3 is 2. The van der Waals surface area contributed by atoms with Gasteiger partial charge in [0.25, 0.3) is 0 Å². The summed E-state index contributed by atoms with van der Waals surface area (Å²) in [5.41, 5.74) is 1.24. The second-order valence-electron chi connectivity index (χ2n) is 5.82. The molecular weight excluding hydrogens is 238 g/mol. The van der Waals surface area contributed by atoms with Gasteiger partial charge in [-0.1, -0.05) is 19.9 Å². The molecule has 2 rings (SSSR count). The van der Waals surface area contributed by atoms with Crippen molar-refractivity contribution in [3.05, 3.63) is 23.8 Å². The van der Waals surface area contributed by atoms with Crippen LogP contribution in [0.15, 0.2) is 18.2 Å².